The standard InChI is InChI=1S/C24H27N3O2S/c1-16(2)18-11-5-7-13-20(18)25-22(28)15-30-24-26-21-14-8-6-12-19(21)23(29)27(24)17-9-3-4-10-17/h5-8,11-14,16-17H,3-4,9-10,15H2,1-2H3,(H,25,28). The maximum atomic E-state index is 13.2. The minimum Gasteiger partial charge on any atom is -0.325 e. The van der Waals surface area contributed by atoms with E-state index in [1.807, 2.05) is 53.1 Å². The van der Waals surface area contributed by atoms with Crippen LogP contribution in [0.1, 0.15) is 57.1 Å². The van der Waals surface area contributed by atoms with E-state index >= 15 is 0 Å². The van der Waals surface area contributed by atoms with Crippen molar-refractivity contribution in [2.45, 2.75) is 56.6 Å². The van der Waals surface area contributed by atoms with Crippen LogP contribution in [0, 0.1) is 0 Å². The van der Waals surface area contributed by atoms with Gasteiger partial charge in [-0.2, -0.15) is 0 Å². The van der Waals surface area contributed by atoms with E-state index in [0.717, 1.165) is 36.9 Å². The van der Waals surface area contributed by atoms with Crippen LogP contribution < -0.4 is 10.9 Å². The number of thioether (sulfide) groups is 1. The topological polar surface area (TPSA) is 64.0 Å². The molecule has 156 valence electrons. The van der Waals surface area contributed by atoms with Gasteiger partial charge in [-0.25, -0.2) is 4.98 Å². The number of para-hydroxylation sites is 2. The van der Waals surface area contributed by atoms with E-state index in [4.69, 9.17) is 4.98 Å². The van der Waals surface area contributed by atoms with Gasteiger partial charge in [0.2, 0.25) is 5.91 Å². The monoisotopic (exact) mass is 421 g/mol. The van der Waals surface area contributed by atoms with E-state index in [2.05, 4.69) is 19.2 Å². The van der Waals surface area contributed by atoms with Crippen LogP contribution in [0.25, 0.3) is 10.9 Å². The molecule has 0 saturated heterocycles. The number of rotatable bonds is 6. The number of nitrogens with zero attached hydrogens (tertiary/aromatic N) is 2. The SMILES string of the molecule is CC(C)c1ccccc1NC(=O)CSc1nc2ccccc2c(=O)n1C1CCCC1. The Morgan fingerprint density at radius 3 is 2.60 bits per heavy atom. The molecule has 6 heteroatoms. The molecule has 30 heavy (non-hydrogen) atoms. The van der Waals surface area contributed by atoms with Gasteiger partial charge in [0.25, 0.3) is 5.56 Å². The fourth-order valence-corrected chi connectivity index (χ4v) is 5.01. The second-order valence-corrected chi connectivity index (χ2v) is 9.05. The summed E-state index contributed by atoms with van der Waals surface area (Å²) >= 11 is 1.34. The minimum absolute atomic E-state index is 0.000520. The maximum absolute atomic E-state index is 13.2. The van der Waals surface area contributed by atoms with E-state index in [-0.39, 0.29) is 23.3 Å². The van der Waals surface area contributed by atoms with Crippen LogP contribution in [0.3, 0.4) is 0 Å². The van der Waals surface area contributed by atoms with E-state index < -0.39 is 0 Å². The van der Waals surface area contributed by atoms with Crippen LogP contribution in [-0.4, -0.2) is 21.2 Å². The third-order valence-corrected chi connectivity index (χ3v) is 6.61. The number of hydrogen-bond donors (Lipinski definition) is 1. The molecule has 0 atom stereocenters. The average molecular weight is 422 g/mol. The Kier molecular flexibility index (Phi) is 6.23. The quantitative estimate of drug-likeness (QED) is 0.429. The Morgan fingerprint density at radius 2 is 1.83 bits per heavy atom. The molecule has 0 unspecified atom stereocenters. The van der Waals surface area contributed by atoms with Gasteiger partial charge in [-0.15, -0.1) is 0 Å². The van der Waals surface area contributed by atoms with E-state index in [1.165, 1.54) is 11.8 Å². The zero-order valence-corrected chi connectivity index (χ0v) is 18.2. The predicted molar refractivity (Wildman–Crippen MR) is 123 cm³/mol. The molecule has 2 aromatic carbocycles. The number of amides is 1. The molecule has 1 aliphatic carbocycles. The zero-order valence-electron chi connectivity index (χ0n) is 17.4. The van der Waals surface area contributed by atoms with Crippen molar-refractivity contribution in [2.24, 2.45) is 0 Å². The molecular formula is C24H27N3O2S. The number of carbonyl (C=O) groups excluding carboxylic acids is 1. The highest BCUT2D eigenvalue weighted by Crippen LogP contribution is 2.32. The number of aromatic nitrogens is 2. The Morgan fingerprint density at radius 1 is 1.13 bits per heavy atom. The van der Waals surface area contributed by atoms with Crippen molar-refractivity contribution in [1.29, 1.82) is 0 Å². The zero-order chi connectivity index (χ0) is 21.1. The first-order valence-electron chi connectivity index (χ1n) is 10.6. The first-order chi connectivity index (χ1) is 14.5. The maximum Gasteiger partial charge on any atom is 0.262 e. The van der Waals surface area contributed by atoms with Crippen LogP contribution >= 0.6 is 11.8 Å². The summed E-state index contributed by atoms with van der Waals surface area (Å²) in [6.07, 6.45) is 4.23. The summed E-state index contributed by atoms with van der Waals surface area (Å²) in [6.45, 7) is 4.22. The Balaban J connectivity index is 1.58. The predicted octanol–water partition coefficient (Wildman–Crippen LogP) is 5.37. The lowest BCUT2D eigenvalue weighted by Crippen LogP contribution is -2.27. The number of benzene rings is 2. The first-order valence-corrected chi connectivity index (χ1v) is 11.6. The lowest BCUT2D eigenvalue weighted by molar-refractivity contribution is -0.113. The fraction of sp³-hybridized carbons (Fsp3) is 0.375. The highest BCUT2D eigenvalue weighted by molar-refractivity contribution is 7.99. The smallest absolute Gasteiger partial charge is 0.262 e. The van der Waals surface area contributed by atoms with Crippen molar-refractivity contribution in [3.8, 4) is 0 Å². The second kappa shape index (κ2) is 9.04. The molecular weight excluding hydrogens is 394 g/mol. The molecule has 0 bridgehead atoms. The van der Waals surface area contributed by atoms with E-state index in [1.54, 1.807) is 0 Å². The Labute approximate surface area is 180 Å². The van der Waals surface area contributed by atoms with Crippen molar-refractivity contribution >= 4 is 34.3 Å². The Bertz CT molecular complexity index is 1120. The molecule has 1 N–H and O–H groups in total. The van der Waals surface area contributed by atoms with E-state index in [0.29, 0.717) is 22.0 Å². The largest absolute Gasteiger partial charge is 0.325 e. The Hall–Kier alpha value is -2.60. The molecule has 1 fully saturated rings. The van der Waals surface area contributed by atoms with Gasteiger partial charge < -0.3 is 5.32 Å². The van der Waals surface area contributed by atoms with Gasteiger partial charge in [0.15, 0.2) is 5.16 Å². The molecule has 0 radical (unpaired) electrons. The summed E-state index contributed by atoms with van der Waals surface area (Å²) < 4.78 is 1.83. The third kappa shape index (κ3) is 4.29. The van der Waals surface area contributed by atoms with Gasteiger partial charge in [-0.05, 0) is 42.5 Å². The summed E-state index contributed by atoms with van der Waals surface area (Å²) in [5.74, 6) is 0.446. The summed E-state index contributed by atoms with van der Waals surface area (Å²) in [6, 6.07) is 15.5. The molecule has 3 aromatic rings. The van der Waals surface area contributed by atoms with Crippen LogP contribution in [0.15, 0.2) is 58.5 Å². The summed E-state index contributed by atoms with van der Waals surface area (Å²) in [7, 11) is 0. The van der Waals surface area contributed by atoms with Gasteiger partial charge in [-0.1, -0.05) is 68.8 Å². The molecule has 1 saturated carbocycles. The van der Waals surface area contributed by atoms with Crippen molar-refractivity contribution in [3.63, 3.8) is 0 Å². The van der Waals surface area contributed by atoms with Crippen molar-refractivity contribution < 1.29 is 4.79 Å². The molecule has 5 nitrogen and oxygen atoms in total. The average Bonchev–Trinajstić information content (AvgIpc) is 3.27. The lowest BCUT2D eigenvalue weighted by Gasteiger charge is -2.19. The molecule has 1 heterocycles. The van der Waals surface area contributed by atoms with E-state index in [9.17, 15) is 9.59 Å². The summed E-state index contributed by atoms with van der Waals surface area (Å²) in [5.41, 5.74) is 2.64. The lowest BCUT2D eigenvalue weighted by atomic mass is 10.0. The van der Waals surface area contributed by atoms with Crippen molar-refractivity contribution in [3.05, 3.63) is 64.4 Å². The number of anilines is 1. The van der Waals surface area contributed by atoms with Crippen LogP contribution in [-0.2, 0) is 4.79 Å². The van der Waals surface area contributed by atoms with Crippen molar-refractivity contribution in [1.82, 2.24) is 9.55 Å². The molecule has 0 spiro atoms. The normalized spacial score (nSPS) is 14.5. The van der Waals surface area contributed by atoms with Crippen molar-refractivity contribution in [2.75, 3.05) is 11.1 Å². The van der Waals surface area contributed by atoms with Crippen LogP contribution in [0.4, 0.5) is 5.69 Å². The second-order valence-electron chi connectivity index (χ2n) is 8.10. The van der Waals surface area contributed by atoms with Gasteiger partial charge >= 0.3 is 0 Å². The number of hydrogen-bond acceptors (Lipinski definition) is 4. The molecule has 1 amide bonds. The molecule has 1 aromatic heterocycles. The minimum atomic E-state index is -0.0894. The number of fused-ring (bicyclic) bond motifs is 1. The fourth-order valence-electron chi connectivity index (χ4n) is 4.14. The highest BCUT2D eigenvalue weighted by atomic mass is 32.2. The highest BCUT2D eigenvalue weighted by Gasteiger charge is 2.23. The van der Waals surface area contributed by atoms with Gasteiger partial charge in [0.05, 0.1) is 16.7 Å². The number of nitrogens with one attached hydrogen (secondary N) is 1. The molecule has 4 rings (SSSR count). The molecule has 1 aliphatic rings. The number of carbonyl (C=O) groups is 1. The summed E-state index contributed by atoms with van der Waals surface area (Å²) in [5, 5.41) is 4.31. The van der Waals surface area contributed by atoms with Crippen LogP contribution in [0.5, 0.6) is 0 Å². The third-order valence-electron chi connectivity index (χ3n) is 5.65. The van der Waals surface area contributed by atoms with Gasteiger partial charge in [-0.3, -0.25) is 14.2 Å². The van der Waals surface area contributed by atoms with Gasteiger partial charge in [0.1, 0.15) is 0 Å². The van der Waals surface area contributed by atoms with Crippen LogP contribution in [0.2, 0.25) is 0 Å². The first kappa shape index (κ1) is 20.7. The molecule has 0 aliphatic heterocycles. The summed E-state index contributed by atoms with van der Waals surface area (Å²) in [4.78, 5) is 30.6. The van der Waals surface area contributed by atoms with Gasteiger partial charge in [0, 0.05) is 11.7 Å².